The first kappa shape index (κ1) is 37.1. The largest absolute Gasteiger partial charge is 0.508 e. The molecule has 248 valence electrons. The number of phenolic OH excluding ortho intramolecular Hbond substituents is 1. The number of carbonyl (C=O) groups is 4. The molecule has 3 N–H and O–H groups in total. The van der Waals surface area contributed by atoms with E-state index in [1.165, 1.54) is 17.0 Å². The highest BCUT2D eigenvalue weighted by molar-refractivity contribution is 5.92. The van der Waals surface area contributed by atoms with Crippen molar-refractivity contribution in [3.8, 4) is 5.75 Å². The minimum absolute atomic E-state index is 0.00525. The van der Waals surface area contributed by atoms with Crippen molar-refractivity contribution in [2.24, 2.45) is 0 Å². The number of rotatable bonds is 17. The lowest BCUT2D eigenvalue weighted by atomic mass is 9.96. The van der Waals surface area contributed by atoms with Crippen LogP contribution >= 0.6 is 0 Å². The summed E-state index contributed by atoms with van der Waals surface area (Å²) >= 11 is 0. The monoisotopic (exact) mass is 625 g/mol. The minimum Gasteiger partial charge on any atom is -0.508 e. The first-order valence-corrected chi connectivity index (χ1v) is 15.9. The molecule has 0 saturated carbocycles. The molecular weight excluding hydrogens is 574 g/mol. The van der Waals surface area contributed by atoms with Crippen molar-refractivity contribution in [3.63, 3.8) is 0 Å². The normalized spacial score (nSPS) is 12.5. The molecule has 10 heteroatoms. The molecule has 3 amide bonds. The van der Waals surface area contributed by atoms with Gasteiger partial charge in [0.25, 0.3) is 0 Å². The van der Waals surface area contributed by atoms with Gasteiger partial charge < -0.3 is 30.1 Å². The van der Waals surface area contributed by atoms with Gasteiger partial charge >= 0.3 is 12.1 Å². The third kappa shape index (κ3) is 13.2. The summed E-state index contributed by atoms with van der Waals surface area (Å²) in [5.41, 5.74) is 1.38. The molecule has 0 bridgehead atoms. The zero-order chi connectivity index (χ0) is 33.4. The number of alkyl carbamates (subject to hydrolysis) is 1. The summed E-state index contributed by atoms with van der Waals surface area (Å²) in [4.78, 5) is 55.0. The Morgan fingerprint density at radius 1 is 0.933 bits per heavy atom. The number of nitrogens with zero attached hydrogens (tertiary/aromatic N) is 1. The molecule has 2 rings (SSSR count). The van der Waals surface area contributed by atoms with Gasteiger partial charge in [-0.15, -0.1) is 0 Å². The van der Waals surface area contributed by atoms with Gasteiger partial charge in [0.05, 0.1) is 13.0 Å². The fraction of sp³-hybridized carbons (Fsp3) is 0.543. The number of carbonyl (C=O) groups excluding carboxylic acids is 4. The molecule has 0 fully saturated rings. The first-order chi connectivity index (χ1) is 21.4. The summed E-state index contributed by atoms with van der Waals surface area (Å²) in [6.45, 7) is 11.5. The van der Waals surface area contributed by atoms with Gasteiger partial charge in [0.2, 0.25) is 11.8 Å². The van der Waals surface area contributed by atoms with Crippen LogP contribution in [0.5, 0.6) is 5.75 Å². The topological polar surface area (TPSA) is 134 Å². The Morgan fingerprint density at radius 2 is 1.60 bits per heavy atom. The van der Waals surface area contributed by atoms with E-state index in [9.17, 15) is 24.3 Å². The number of benzene rings is 2. The van der Waals surface area contributed by atoms with Crippen LogP contribution in [0.3, 0.4) is 0 Å². The van der Waals surface area contributed by atoms with Crippen molar-refractivity contribution in [1.82, 2.24) is 15.5 Å². The molecule has 0 aliphatic rings. The third-order valence-corrected chi connectivity index (χ3v) is 7.13. The summed E-state index contributed by atoms with van der Waals surface area (Å²) in [5.74, 6) is -1.23. The number of phenols is 1. The summed E-state index contributed by atoms with van der Waals surface area (Å²) in [7, 11) is 0. The number of aromatic hydroxyl groups is 1. The summed E-state index contributed by atoms with van der Waals surface area (Å²) < 4.78 is 10.5. The molecule has 45 heavy (non-hydrogen) atoms. The lowest BCUT2D eigenvalue weighted by molar-refractivity contribution is -0.144. The Kier molecular flexibility index (Phi) is 15.4. The highest BCUT2D eigenvalue weighted by Crippen LogP contribution is 2.27. The van der Waals surface area contributed by atoms with Crippen molar-refractivity contribution in [1.29, 1.82) is 0 Å². The lowest BCUT2D eigenvalue weighted by Crippen LogP contribution is -2.54. The van der Waals surface area contributed by atoms with Crippen LogP contribution in [0.15, 0.2) is 48.5 Å². The van der Waals surface area contributed by atoms with Crippen LogP contribution in [0, 0.1) is 6.92 Å². The molecule has 2 unspecified atom stereocenters. The number of hydrogen-bond donors (Lipinski definition) is 3. The van der Waals surface area contributed by atoms with Gasteiger partial charge in [-0.1, -0.05) is 69.0 Å². The molecule has 0 radical (unpaired) electrons. The van der Waals surface area contributed by atoms with Crippen molar-refractivity contribution in [2.75, 3.05) is 19.7 Å². The standard InChI is InChI=1S/C35H51N3O7/c1-7-9-10-11-14-23-38(31(28-16-13-12-15-25(28)3)32(41)36-22-21-30(40)44-8-2)33(42)29(37-34(43)45-35(4,5)6)24-26-17-19-27(39)20-18-26/h12-13,15-20,29,31,39H,7-11,14,21-24H2,1-6H3,(H,36,41)(H,37,43). The molecule has 10 nitrogen and oxygen atoms in total. The highest BCUT2D eigenvalue weighted by Gasteiger charge is 2.36. The highest BCUT2D eigenvalue weighted by atomic mass is 16.6. The second kappa shape index (κ2) is 18.7. The number of nitrogens with one attached hydrogen (secondary N) is 2. The smallest absolute Gasteiger partial charge is 0.408 e. The fourth-order valence-corrected chi connectivity index (χ4v) is 4.93. The van der Waals surface area contributed by atoms with E-state index in [-0.39, 0.29) is 38.3 Å². The zero-order valence-corrected chi connectivity index (χ0v) is 27.7. The van der Waals surface area contributed by atoms with Crippen molar-refractivity contribution in [2.45, 2.75) is 104 Å². The maximum absolute atomic E-state index is 14.6. The Labute approximate surface area is 267 Å². The van der Waals surface area contributed by atoms with Gasteiger partial charge in [-0.25, -0.2) is 4.79 Å². The van der Waals surface area contributed by atoms with Crippen molar-refractivity contribution >= 4 is 23.9 Å². The molecule has 0 heterocycles. The van der Waals surface area contributed by atoms with E-state index < -0.39 is 41.6 Å². The number of aryl methyl sites for hydroxylation is 1. The zero-order valence-electron chi connectivity index (χ0n) is 27.7. The number of hydrogen-bond acceptors (Lipinski definition) is 7. The van der Waals surface area contributed by atoms with Gasteiger partial charge in [-0.05, 0) is 69.9 Å². The maximum Gasteiger partial charge on any atom is 0.408 e. The number of esters is 1. The SMILES string of the molecule is CCCCCCCN(C(=O)C(Cc1ccc(O)cc1)NC(=O)OC(C)(C)C)C(C(=O)NCCC(=O)OCC)c1ccccc1C. The molecule has 0 aliphatic carbocycles. The van der Waals surface area contributed by atoms with Crippen LogP contribution in [0.1, 0.15) is 95.9 Å². The van der Waals surface area contributed by atoms with Crippen LogP contribution in [0.25, 0.3) is 0 Å². The molecule has 2 aromatic rings. The van der Waals surface area contributed by atoms with E-state index in [0.717, 1.165) is 31.2 Å². The van der Waals surface area contributed by atoms with Gasteiger partial charge in [0.15, 0.2) is 0 Å². The van der Waals surface area contributed by atoms with Crippen molar-refractivity contribution < 1.29 is 33.8 Å². The number of unbranched alkanes of at least 4 members (excludes halogenated alkanes) is 4. The average molecular weight is 626 g/mol. The predicted octanol–water partition coefficient (Wildman–Crippen LogP) is 5.75. The molecule has 0 aliphatic heterocycles. The second-order valence-corrected chi connectivity index (χ2v) is 12.1. The second-order valence-electron chi connectivity index (χ2n) is 12.1. The fourth-order valence-electron chi connectivity index (χ4n) is 4.93. The Morgan fingerprint density at radius 3 is 2.22 bits per heavy atom. The Bertz CT molecular complexity index is 1240. The van der Waals surface area contributed by atoms with E-state index in [0.29, 0.717) is 17.5 Å². The van der Waals surface area contributed by atoms with Gasteiger partial charge in [0.1, 0.15) is 23.4 Å². The summed E-state index contributed by atoms with van der Waals surface area (Å²) in [5, 5.41) is 15.4. The van der Waals surface area contributed by atoms with Gasteiger partial charge in [-0.2, -0.15) is 0 Å². The maximum atomic E-state index is 14.6. The van der Waals surface area contributed by atoms with Gasteiger partial charge in [0, 0.05) is 19.5 Å². The lowest BCUT2D eigenvalue weighted by Gasteiger charge is -2.35. The molecule has 2 aromatic carbocycles. The van der Waals surface area contributed by atoms with Crippen LogP contribution in [0.2, 0.25) is 0 Å². The molecule has 0 spiro atoms. The summed E-state index contributed by atoms with van der Waals surface area (Å²) in [6.07, 6.45) is 3.98. The molecule has 2 atom stereocenters. The average Bonchev–Trinajstić information content (AvgIpc) is 2.96. The van der Waals surface area contributed by atoms with Crippen LogP contribution in [-0.2, 0) is 30.3 Å². The van der Waals surface area contributed by atoms with Gasteiger partial charge in [-0.3, -0.25) is 14.4 Å². The van der Waals surface area contributed by atoms with E-state index in [1.807, 2.05) is 31.2 Å². The molecule has 0 aromatic heterocycles. The first-order valence-electron chi connectivity index (χ1n) is 15.9. The molecular formula is C35H51N3O7. The summed E-state index contributed by atoms with van der Waals surface area (Å²) in [6, 6.07) is 11.7. The number of amides is 3. The van der Waals surface area contributed by atoms with E-state index >= 15 is 0 Å². The van der Waals surface area contributed by atoms with Crippen LogP contribution in [-0.4, -0.2) is 65.2 Å². The number of ether oxygens (including phenoxy) is 2. The van der Waals surface area contributed by atoms with Crippen LogP contribution < -0.4 is 10.6 Å². The van der Waals surface area contributed by atoms with E-state index in [1.54, 1.807) is 39.8 Å². The third-order valence-electron chi connectivity index (χ3n) is 7.13. The molecule has 0 saturated heterocycles. The minimum atomic E-state index is -1.07. The Balaban J connectivity index is 2.53. The van der Waals surface area contributed by atoms with E-state index in [4.69, 9.17) is 9.47 Å². The quantitative estimate of drug-likeness (QED) is 0.151. The van der Waals surface area contributed by atoms with Crippen molar-refractivity contribution in [3.05, 3.63) is 65.2 Å². The Hall–Kier alpha value is -4.08. The van der Waals surface area contributed by atoms with E-state index in [2.05, 4.69) is 17.6 Å². The van der Waals surface area contributed by atoms with Crippen LogP contribution in [0.4, 0.5) is 4.79 Å². The predicted molar refractivity (Wildman–Crippen MR) is 174 cm³/mol.